The van der Waals surface area contributed by atoms with Crippen LogP contribution in [0, 0.1) is 0 Å². The molecule has 1 aromatic heterocycles. The zero-order chi connectivity index (χ0) is 13.9. The molecule has 1 saturated heterocycles. The fraction of sp³-hybridized carbons (Fsp3) is 0.333. The highest BCUT2D eigenvalue weighted by Gasteiger charge is 2.17. The molecule has 104 valence electrons. The van der Waals surface area contributed by atoms with Crippen molar-refractivity contribution in [3.8, 4) is 0 Å². The van der Waals surface area contributed by atoms with E-state index < -0.39 is 0 Å². The van der Waals surface area contributed by atoms with Crippen LogP contribution >= 0.6 is 12.6 Å². The number of para-hydroxylation sites is 1. The van der Waals surface area contributed by atoms with E-state index in [1.54, 1.807) is 6.20 Å². The predicted molar refractivity (Wildman–Crippen MR) is 80.3 cm³/mol. The van der Waals surface area contributed by atoms with Gasteiger partial charge in [-0.3, -0.25) is 9.78 Å². The van der Waals surface area contributed by atoms with Crippen molar-refractivity contribution in [2.45, 2.75) is 23.8 Å². The fourth-order valence-electron chi connectivity index (χ4n) is 2.38. The molecule has 3 rings (SSSR count). The molecule has 1 N–H and O–H groups in total. The molecular weight excluding hydrogens is 272 g/mol. The van der Waals surface area contributed by atoms with Gasteiger partial charge in [0.1, 0.15) is 0 Å². The Morgan fingerprint density at radius 2 is 2.40 bits per heavy atom. The maximum Gasteiger partial charge on any atom is 0.252 e. The van der Waals surface area contributed by atoms with E-state index in [4.69, 9.17) is 4.74 Å². The third-order valence-electron chi connectivity index (χ3n) is 3.47. The minimum Gasteiger partial charge on any atom is -0.376 e. The summed E-state index contributed by atoms with van der Waals surface area (Å²) in [5.74, 6) is -0.112. The van der Waals surface area contributed by atoms with Crippen molar-refractivity contribution < 1.29 is 9.53 Å². The van der Waals surface area contributed by atoms with Crippen LogP contribution in [0.3, 0.4) is 0 Å². The number of thiol groups is 1. The molecule has 5 heteroatoms. The second-order valence-electron chi connectivity index (χ2n) is 4.92. The molecule has 0 spiro atoms. The Bertz CT molecular complexity index is 639. The van der Waals surface area contributed by atoms with Gasteiger partial charge < -0.3 is 10.1 Å². The third kappa shape index (κ3) is 2.78. The maximum atomic E-state index is 12.1. The molecule has 1 atom stereocenters. The van der Waals surface area contributed by atoms with E-state index in [1.807, 2.05) is 24.3 Å². The van der Waals surface area contributed by atoms with Gasteiger partial charge in [-0.2, -0.15) is 0 Å². The van der Waals surface area contributed by atoms with Gasteiger partial charge in [0.2, 0.25) is 0 Å². The molecule has 1 unspecified atom stereocenters. The van der Waals surface area contributed by atoms with Crippen molar-refractivity contribution in [1.82, 2.24) is 10.3 Å². The van der Waals surface area contributed by atoms with Crippen molar-refractivity contribution in [3.63, 3.8) is 0 Å². The molecule has 1 aliphatic rings. The number of nitrogens with one attached hydrogen (secondary N) is 1. The molecule has 4 nitrogen and oxygen atoms in total. The number of nitrogens with zero attached hydrogens (tertiary/aromatic N) is 1. The quantitative estimate of drug-likeness (QED) is 0.853. The second-order valence-corrected chi connectivity index (χ2v) is 5.40. The zero-order valence-electron chi connectivity index (χ0n) is 11.0. The van der Waals surface area contributed by atoms with E-state index >= 15 is 0 Å². The highest BCUT2D eigenvalue weighted by atomic mass is 32.1. The van der Waals surface area contributed by atoms with Gasteiger partial charge >= 0.3 is 0 Å². The van der Waals surface area contributed by atoms with E-state index in [0.29, 0.717) is 12.1 Å². The van der Waals surface area contributed by atoms with Crippen molar-refractivity contribution >= 4 is 29.4 Å². The molecule has 1 fully saturated rings. The summed E-state index contributed by atoms with van der Waals surface area (Å²) in [6.45, 7) is 1.35. The summed E-state index contributed by atoms with van der Waals surface area (Å²) in [5, 5.41) is 3.82. The lowest BCUT2D eigenvalue weighted by molar-refractivity contribution is 0.0857. The molecule has 1 aliphatic heterocycles. The highest BCUT2D eigenvalue weighted by Crippen LogP contribution is 2.20. The Balaban J connectivity index is 1.74. The van der Waals surface area contributed by atoms with Gasteiger partial charge in [0, 0.05) is 29.6 Å². The van der Waals surface area contributed by atoms with Crippen LogP contribution in [0.4, 0.5) is 0 Å². The summed E-state index contributed by atoms with van der Waals surface area (Å²) in [6, 6.07) is 7.56. The van der Waals surface area contributed by atoms with Crippen LogP contribution in [-0.2, 0) is 4.74 Å². The molecule has 2 aromatic rings. The molecule has 1 amide bonds. The summed E-state index contributed by atoms with van der Waals surface area (Å²) in [4.78, 5) is 17.2. The second kappa shape index (κ2) is 5.81. The van der Waals surface area contributed by atoms with E-state index in [9.17, 15) is 4.79 Å². The third-order valence-corrected chi connectivity index (χ3v) is 3.83. The number of fused-ring (bicyclic) bond motifs is 1. The van der Waals surface area contributed by atoms with Crippen LogP contribution in [-0.4, -0.2) is 30.1 Å². The Labute approximate surface area is 122 Å². The summed E-state index contributed by atoms with van der Waals surface area (Å²) < 4.78 is 5.48. The highest BCUT2D eigenvalue weighted by molar-refractivity contribution is 7.80. The Morgan fingerprint density at radius 1 is 1.50 bits per heavy atom. The van der Waals surface area contributed by atoms with E-state index in [2.05, 4.69) is 22.9 Å². The smallest absolute Gasteiger partial charge is 0.252 e. The predicted octanol–water partition coefficient (Wildman–Crippen LogP) is 2.43. The average molecular weight is 288 g/mol. The number of carbonyl (C=O) groups is 1. The molecule has 1 aromatic carbocycles. The molecule has 2 heterocycles. The molecule has 0 saturated carbocycles. The SMILES string of the molecule is O=C(NCC1CCCO1)c1cnc2c(S)cccc2c1. The lowest BCUT2D eigenvalue weighted by Crippen LogP contribution is -2.31. The molecule has 0 aliphatic carbocycles. The summed E-state index contributed by atoms with van der Waals surface area (Å²) >= 11 is 4.36. The van der Waals surface area contributed by atoms with Gasteiger partial charge in [-0.05, 0) is 25.0 Å². The van der Waals surface area contributed by atoms with Crippen molar-refractivity contribution in [1.29, 1.82) is 0 Å². The first-order valence-electron chi connectivity index (χ1n) is 6.71. The van der Waals surface area contributed by atoms with Crippen LogP contribution in [0.25, 0.3) is 10.9 Å². The van der Waals surface area contributed by atoms with Crippen LogP contribution in [0.5, 0.6) is 0 Å². The minimum absolute atomic E-state index is 0.112. The standard InChI is InChI=1S/C15H16N2O2S/c18-15(17-9-12-4-2-6-19-12)11-7-10-3-1-5-13(20)14(10)16-8-11/h1,3,5,7-8,12,20H,2,4,6,9H2,(H,17,18). The Hall–Kier alpha value is -1.59. The van der Waals surface area contributed by atoms with Crippen molar-refractivity contribution in [2.24, 2.45) is 0 Å². The van der Waals surface area contributed by atoms with E-state index in [-0.39, 0.29) is 12.0 Å². The number of carbonyl (C=O) groups excluding carboxylic acids is 1. The van der Waals surface area contributed by atoms with Crippen LogP contribution < -0.4 is 5.32 Å². The number of amides is 1. The number of aromatic nitrogens is 1. The van der Waals surface area contributed by atoms with Crippen LogP contribution in [0.15, 0.2) is 35.4 Å². The minimum atomic E-state index is -0.112. The Kier molecular flexibility index (Phi) is 3.89. The number of hydrogen-bond acceptors (Lipinski definition) is 4. The lowest BCUT2D eigenvalue weighted by atomic mass is 10.1. The van der Waals surface area contributed by atoms with Crippen molar-refractivity contribution in [2.75, 3.05) is 13.2 Å². The maximum absolute atomic E-state index is 12.1. The first-order chi connectivity index (χ1) is 9.74. The van der Waals surface area contributed by atoms with Gasteiger partial charge in [-0.1, -0.05) is 12.1 Å². The zero-order valence-corrected chi connectivity index (χ0v) is 11.9. The fourth-order valence-corrected chi connectivity index (χ4v) is 2.66. The number of benzene rings is 1. The molecule has 0 radical (unpaired) electrons. The summed E-state index contributed by atoms with van der Waals surface area (Å²) in [7, 11) is 0. The number of rotatable bonds is 3. The summed E-state index contributed by atoms with van der Waals surface area (Å²) in [5.41, 5.74) is 1.38. The summed E-state index contributed by atoms with van der Waals surface area (Å²) in [6.07, 6.45) is 3.82. The number of hydrogen-bond donors (Lipinski definition) is 2. The van der Waals surface area contributed by atoms with E-state index in [1.165, 1.54) is 0 Å². The van der Waals surface area contributed by atoms with Gasteiger partial charge in [-0.25, -0.2) is 0 Å². The molecule has 0 bridgehead atoms. The molecular formula is C15H16N2O2S. The van der Waals surface area contributed by atoms with E-state index in [0.717, 1.165) is 35.2 Å². The first kappa shape index (κ1) is 13.4. The van der Waals surface area contributed by atoms with Gasteiger partial charge in [0.25, 0.3) is 5.91 Å². The Morgan fingerprint density at radius 3 is 3.20 bits per heavy atom. The number of pyridine rings is 1. The normalized spacial score (nSPS) is 18.4. The number of ether oxygens (including phenoxy) is 1. The largest absolute Gasteiger partial charge is 0.376 e. The molecule has 20 heavy (non-hydrogen) atoms. The van der Waals surface area contributed by atoms with Crippen molar-refractivity contribution in [3.05, 3.63) is 36.0 Å². The van der Waals surface area contributed by atoms with Gasteiger partial charge in [0.15, 0.2) is 0 Å². The van der Waals surface area contributed by atoms with Crippen LogP contribution in [0.1, 0.15) is 23.2 Å². The monoisotopic (exact) mass is 288 g/mol. The van der Waals surface area contributed by atoms with Gasteiger partial charge in [0.05, 0.1) is 17.2 Å². The van der Waals surface area contributed by atoms with Gasteiger partial charge in [-0.15, -0.1) is 12.6 Å². The topological polar surface area (TPSA) is 51.2 Å². The first-order valence-corrected chi connectivity index (χ1v) is 7.16. The lowest BCUT2D eigenvalue weighted by Gasteiger charge is -2.11. The average Bonchev–Trinajstić information content (AvgIpc) is 2.98. The van der Waals surface area contributed by atoms with Crippen LogP contribution in [0.2, 0.25) is 0 Å².